The zero-order valence-corrected chi connectivity index (χ0v) is 12.4. The third-order valence-corrected chi connectivity index (χ3v) is 4.77. The van der Waals surface area contributed by atoms with Gasteiger partial charge in [-0.05, 0) is 25.6 Å². The van der Waals surface area contributed by atoms with Gasteiger partial charge in [-0.3, -0.25) is 9.80 Å². The smallest absolute Gasteiger partial charge is 0.187 e. The Morgan fingerprint density at radius 1 is 1.21 bits per heavy atom. The van der Waals surface area contributed by atoms with Gasteiger partial charge in [0.2, 0.25) is 0 Å². The predicted octanol–water partition coefficient (Wildman–Crippen LogP) is 1.87. The number of nitrogens with zero attached hydrogens (tertiary/aromatic N) is 4. The van der Waals surface area contributed by atoms with E-state index in [0.29, 0.717) is 0 Å². The Balaban J connectivity index is 1.57. The summed E-state index contributed by atoms with van der Waals surface area (Å²) in [4.78, 5) is 14.0. The summed E-state index contributed by atoms with van der Waals surface area (Å²) < 4.78 is 0. The molecule has 4 nitrogen and oxygen atoms in total. The molecule has 0 amide bonds. The monoisotopic (exact) mass is 278 g/mol. The van der Waals surface area contributed by atoms with Gasteiger partial charge in [-0.1, -0.05) is 18.2 Å². The van der Waals surface area contributed by atoms with Crippen LogP contribution in [0.4, 0.5) is 0 Å². The zero-order valence-electron chi connectivity index (χ0n) is 11.6. The summed E-state index contributed by atoms with van der Waals surface area (Å²) in [7, 11) is 0. The number of fused-ring (bicyclic) bond motifs is 1. The van der Waals surface area contributed by atoms with Crippen LogP contribution in [0.3, 0.4) is 0 Å². The number of hydrogen-bond acceptors (Lipinski definition) is 5. The van der Waals surface area contributed by atoms with E-state index in [-0.39, 0.29) is 0 Å². The quantitative estimate of drug-likeness (QED) is 0.622. The fourth-order valence-electron chi connectivity index (χ4n) is 3.15. The van der Waals surface area contributed by atoms with Crippen molar-refractivity contribution < 1.29 is 0 Å². The topological polar surface area (TPSA) is 32.3 Å². The molecule has 2 fully saturated rings. The van der Waals surface area contributed by atoms with Crippen molar-refractivity contribution in [3.63, 3.8) is 0 Å². The molecule has 2 saturated heterocycles. The lowest BCUT2D eigenvalue weighted by Gasteiger charge is -2.44. The van der Waals surface area contributed by atoms with Crippen molar-refractivity contribution in [2.24, 2.45) is 0 Å². The molecule has 5 heteroatoms. The van der Waals surface area contributed by atoms with Crippen molar-refractivity contribution in [3.05, 3.63) is 18.0 Å². The van der Waals surface area contributed by atoms with Crippen molar-refractivity contribution in [3.8, 4) is 0 Å². The molecular weight excluding hydrogens is 256 g/mol. The molecule has 19 heavy (non-hydrogen) atoms. The number of piperazine rings is 1. The first-order valence-electron chi connectivity index (χ1n) is 7.16. The van der Waals surface area contributed by atoms with Gasteiger partial charge < -0.3 is 0 Å². The van der Waals surface area contributed by atoms with Crippen LogP contribution >= 0.6 is 11.8 Å². The van der Waals surface area contributed by atoms with Crippen LogP contribution in [0.15, 0.2) is 17.6 Å². The molecule has 0 aromatic carbocycles. The molecule has 0 aliphatic carbocycles. The first-order valence-corrected chi connectivity index (χ1v) is 8.39. The molecule has 3 heterocycles. The Labute approximate surface area is 119 Å². The van der Waals surface area contributed by atoms with E-state index < -0.39 is 0 Å². The Kier molecular flexibility index (Phi) is 4.35. The molecule has 0 N–H and O–H groups in total. The lowest BCUT2D eigenvalue weighted by molar-refractivity contribution is 0.0456. The van der Waals surface area contributed by atoms with Crippen LogP contribution < -0.4 is 0 Å². The lowest BCUT2D eigenvalue weighted by atomic mass is 9.99. The average molecular weight is 278 g/mol. The molecule has 104 valence electrons. The minimum atomic E-state index is 0.786. The molecule has 1 atom stereocenters. The zero-order chi connectivity index (χ0) is 13.1. The molecular formula is C14H22N4S. The summed E-state index contributed by atoms with van der Waals surface area (Å²) >= 11 is 1.60. The third kappa shape index (κ3) is 3.27. The fraction of sp³-hybridized carbons (Fsp3) is 0.714. The van der Waals surface area contributed by atoms with E-state index in [1.54, 1.807) is 11.8 Å². The minimum absolute atomic E-state index is 0.786. The van der Waals surface area contributed by atoms with Crippen LogP contribution in [-0.4, -0.2) is 58.2 Å². The Morgan fingerprint density at radius 3 is 2.84 bits per heavy atom. The van der Waals surface area contributed by atoms with E-state index in [2.05, 4.69) is 19.8 Å². The highest BCUT2D eigenvalue weighted by Crippen LogP contribution is 2.22. The number of piperidine rings is 1. The maximum atomic E-state index is 4.36. The number of aromatic nitrogens is 2. The highest BCUT2D eigenvalue weighted by molar-refractivity contribution is 7.98. The molecule has 3 rings (SSSR count). The van der Waals surface area contributed by atoms with Gasteiger partial charge in [0.15, 0.2) is 5.16 Å². The van der Waals surface area contributed by atoms with Crippen molar-refractivity contribution >= 4 is 11.8 Å². The molecule has 2 aliphatic heterocycles. The first kappa shape index (κ1) is 13.3. The van der Waals surface area contributed by atoms with Crippen LogP contribution in [0.25, 0.3) is 0 Å². The molecule has 0 bridgehead atoms. The lowest BCUT2D eigenvalue weighted by Crippen LogP contribution is -2.54. The number of thioether (sulfide) groups is 1. The second-order valence-electron chi connectivity index (χ2n) is 5.50. The molecule has 1 aromatic rings. The molecule has 2 aliphatic rings. The second-order valence-corrected chi connectivity index (χ2v) is 6.27. The molecule has 1 aromatic heterocycles. The molecule has 0 radical (unpaired) electrons. The van der Waals surface area contributed by atoms with Crippen LogP contribution in [0, 0.1) is 0 Å². The van der Waals surface area contributed by atoms with Crippen molar-refractivity contribution in [1.29, 1.82) is 0 Å². The standard InChI is InChI=1S/C14H22N4S/c1-19-14-15-8-12(9-16-14)10-17-6-7-18-5-3-2-4-13(18)11-17/h8-9,13H,2-7,10-11H2,1H3/t13-/m0/s1. The fourth-order valence-corrected chi connectivity index (χ4v) is 3.47. The van der Waals surface area contributed by atoms with Gasteiger partial charge in [0, 0.05) is 50.2 Å². The minimum Gasteiger partial charge on any atom is -0.298 e. The normalized spacial score (nSPS) is 25.2. The van der Waals surface area contributed by atoms with Gasteiger partial charge in [-0.25, -0.2) is 9.97 Å². The maximum absolute atomic E-state index is 4.36. The van der Waals surface area contributed by atoms with E-state index in [9.17, 15) is 0 Å². The maximum Gasteiger partial charge on any atom is 0.187 e. The van der Waals surface area contributed by atoms with E-state index in [0.717, 1.165) is 17.7 Å². The highest BCUT2D eigenvalue weighted by atomic mass is 32.2. The average Bonchev–Trinajstić information content (AvgIpc) is 2.48. The van der Waals surface area contributed by atoms with Gasteiger partial charge >= 0.3 is 0 Å². The summed E-state index contributed by atoms with van der Waals surface area (Å²) in [6.45, 7) is 5.93. The Hall–Kier alpha value is -0.650. The van der Waals surface area contributed by atoms with Gasteiger partial charge in [-0.2, -0.15) is 0 Å². The molecule has 0 unspecified atom stereocenters. The van der Waals surface area contributed by atoms with Gasteiger partial charge in [0.25, 0.3) is 0 Å². The summed E-state index contributed by atoms with van der Waals surface area (Å²) in [6.07, 6.45) is 10.1. The van der Waals surface area contributed by atoms with Crippen LogP contribution in [0.1, 0.15) is 24.8 Å². The van der Waals surface area contributed by atoms with E-state index >= 15 is 0 Å². The Morgan fingerprint density at radius 2 is 2.05 bits per heavy atom. The van der Waals surface area contributed by atoms with Gasteiger partial charge in [0.05, 0.1) is 0 Å². The van der Waals surface area contributed by atoms with Crippen molar-refractivity contribution in [2.75, 3.05) is 32.4 Å². The second kappa shape index (κ2) is 6.20. The number of rotatable bonds is 3. The molecule has 0 spiro atoms. The Bertz CT molecular complexity index is 408. The largest absolute Gasteiger partial charge is 0.298 e. The first-order chi connectivity index (χ1) is 9.35. The van der Waals surface area contributed by atoms with Gasteiger partial charge in [0.1, 0.15) is 0 Å². The van der Waals surface area contributed by atoms with E-state index in [1.807, 2.05) is 18.6 Å². The van der Waals surface area contributed by atoms with Crippen molar-refractivity contribution in [2.45, 2.75) is 37.0 Å². The van der Waals surface area contributed by atoms with E-state index in [1.165, 1.54) is 51.0 Å². The van der Waals surface area contributed by atoms with Gasteiger partial charge in [-0.15, -0.1) is 0 Å². The van der Waals surface area contributed by atoms with E-state index in [4.69, 9.17) is 0 Å². The SMILES string of the molecule is CSc1ncc(CN2CCN3CCCC[C@H]3C2)cn1. The summed E-state index contributed by atoms with van der Waals surface area (Å²) in [5.74, 6) is 0. The third-order valence-electron chi connectivity index (χ3n) is 4.19. The van der Waals surface area contributed by atoms with Crippen LogP contribution in [0.2, 0.25) is 0 Å². The summed E-state index contributed by atoms with van der Waals surface area (Å²) in [5.41, 5.74) is 1.24. The summed E-state index contributed by atoms with van der Waals surface area (Å²) in [5, 5.41) is 0.862. The predicted molar refractivity (Wildman–Crippen MR) is 78.3 cm³/mol. The molecule has 0 saturated carbocycles. The number of hydrogen-bond donors (Lipinski definition) is 0. The highest BCUT2D eigenvalue weighted by Gasteiger charge is 2.28. The van der Waals surface area contributed by atoms with Crippen LogP contribution in [0.5, 0.6) is 0 Å². The van der Waals surface area contributed by atoms with Crippen molar-refractivity contribution in [1.82, 2.24) is 19.8 Å². The van der Waals surface area contributed by atoms with Crippen LogP contribution in [-0.2, 0) is 6.54 Å². The summed E-state index contributed by atoms with van der Waals surface area (Å²) in [6, 6.07) is 0.786.